The molecule has 0 aliphatic rings. The molecule has 0 radical (unpaired) electrons. The van der Waals surface area contributed by atoms with Gasteiger partial charge in [0, 0.05) is 13.2 Å². The van der Waals surface area contributed by atoms with Crippen LogP contribution in [0.4, 0.5) is 5.69 Å². The summed E-state index contributed by atoms with van der Waals surface area (Å²) in [6, 6.07) is 0. The highest BCUT2D eigenvalue weighted by molar-refractivity contribution is 5.30. The third-order valence-corrected chi connectivity index (χ3v) is 1.90. The molecule has 0 fully saturated rings. The van der Waals surface area contributed by atoms with Crippen LogP contribution >= 0.6 is 0 Å². The molecule has 6 nitrogen and oxygen atoms in total. The number of nitrogens with two attached hydrogens (primary N) is 1. The second kappa shape index (κ2) is 3.54. The number of nitrogen functional groups attached to an aromatic ring is 1. The molecule has 0 aliphatic carbocycles. The number of aryl methyl sites for hydroxylation is 1. The summed E-state index contributed by atoms with van der Waals surface area (Å²) in [5.74, 6) is 0. The molecule has 1 aromatic rings. The fraction of sp³-hybridized carbons (Fsp3) is 0.556. The third kappa shape index (κ3) is 2.47. The number of hydrogen-bond donors (Lipinski definition) is 2. The number of aromatic nitrogens is 2. The van der Waals surface area contributed by atoms with Gasteiger partial charge in [0.25, 0.3) is 5.56 Å². The monoisotopic (exact) mass is 213 g/mol. The third-order valence-electron chi connectivity index (χ3n) is 1.90. The van der Waals surface area contributed by atoms with Crippen LogP contribution in [0.1, 0.15) is 13.8 Å². The SMILES string of the molecule is Cn1cc(N)c(=O)n(CC(C)(C)O)c1=O. The first-order valence-electron chi connectivity index (χ1n) is 4.51. The van der Waals surface area contributed by atoms with E-state index in [0.717, 1.165) is 4.57 Å². The maximum absolute atomic E-state index is 11.6. The quantitative estimate of drug-likeness (QED) is 0.652. The van der Waals surface area contributed by atoms with Gasteiger partial charge in [0.15, 0.2) is 0 Å². The molecule has 0 aromatic carbocycles. The minimum absolute atomic E-state index is 0.0126. The van der Waals surface area contributed by atoms with E-state index in [0.29, 0.717) is 0 Å². The number of hydrogen-bond acceptors (Lipinski definition) is 4. The first kappa shape index (κ1) is 11.5. The lowest BCUT2D eigenvalue weighted by Gasteiger charge is -2.18. The molecular weight excluding hydrogens is 198 g/mol. The molecule has 1 heterocycles. The number of anilines is 1. The summed E-state index contributed by atoms with van der Waals surface area (Å²) in [5, 5.41) is 9.55. The topological polar surface area (TPSA) is 90.2 Å². The summed E-state index contributed by atoms with van der Waals surface area (Å²) >= 11 is 0. The van der Waals surface area contributed by atoms with E-state index in [2.05, 4.69) is 0 Å². The van der Waals surface area contributed by atoms with Crippen molar-refractivity contribution >= 4 is 5.69 Å². The fourth-order valence-corrected chi connectivity index (χ4v) is 1.28. The Morgan fingerprint density at radius 1 is 1.47 bits per heavy atom. The Hall–Kier alpha value is -1.56. The van der Waals surface area contributed by atoms with Gasteiger partial charge in [-0.25, -0.2) is 4.79 Å². The zero-order valence-corrected chi connectivity index (χ0v) is 9.02. The lowest BCUT2D eigenvalue weighted by Crippen LogP contribution is -2.44. The Morgan fingerprint density at radius 2 is 2.00 bits per heavy atom. The van der Waals surface area contributed by atoms with Crippen molar-refractivity contribution in [3.05, 3.63) is 27.0 Å². The minimum atomic E-state index is -1.14. The van der Waals surface area contributed by atoms with Gasteiger partial charge in [0.1, 0.15) is 5.69 Å². The normalized spacial score (nSPS) is 11.7. The van der Waals surface area contributed by atoms with Crippen LogP contribution in [-0.4, -0.2) is 19.8 Å². The van der Waals surface area contributed by atoms with Gasteiger partial charge < -0.3 is 15.4 Å². The summed E-state index contributed by atoms with van der Waals surface area (Å²) in [7, 11) is 1.50. The predicted octanol–water partition coefficient (Wildman–Crippen LogP) is -1.10. The minimum Gasteiger partial charge on any atom is -0.393 e. The summed E-state index contributed by atoms with van der Waals surface area (Å²) < 4.78 is 2.14. The van der Waals surface area contributed by atoms with Crippen molar-refractivity contribution in [3.8, 4) is 0 Å². The van der Waals surface area contributed by atoms with Crippen LogP contribution in [0.3, 0.4) is 0 Å². The Balaban J connectivity index is 3.41. The lowest BCUT2D eigenvalue weighted by molar-refractivity contribution is 0.0587. The van der Waals surface area contributed by atoms with Crippen molar-refractivity contribution in [2.75, 3.05) is 5.73 Å². The highest BCUT2D eigenvalue weighted by Crippen LogP contribution is 2.02. The number of nitrogens with zero attached hydrogens (tertiary/aromatic N) is 2. The predicted molar refractivity (Wildman–Crippen MR) is 56.7 cm³/mol. The van der Waals surface area contributed by atoms with Gasteiger partial charge in [-0.1, -0.05) is 0 Å². The van der Waals surface area contributed by atoms with Crippen LogP contribution in [0.25, 0.3) is 0 Å². The van der Waals surface area contributed by atoms with Crippen molar-refractivity contribution in [1.29, 1.82) is 0 Å². The smallest absolute Gasteiger partial charge is 0.330 e. The van der Waals surface area contributed by atoms with Gasteiger partial charge in [-0.15, -0.1) is 0 Å². The fourth-order valence-electron chi connectivity index (χ4n) is 1.28. The Morgan fingerprint density at radius 3 is 2.47 bits per heavy atom. The number of rotatable bonds is 2. The van der Waals surface area contributed by atoms with Crippen LogP contribution in [0, 0.1) is 0 Å². The molecule has 0 aliphatic heterocycles. The molecule has 0 atom stereocenters. The van der Waals surface area contributed by atoms with E-state index in [1.54, 1.807) is 0 Å². The molecule has 84 valence electrons. The van der Waals surface area contributed by atoms with Crippen LogP contribution in [-0.2, 0) is 13.6 Å². The first-order chi connectivity index (χ1) is 6.72. The summed E-state index contributed by atoms with van der Waals surface area (Å²) in [6.45, 7) is 2.95. The first-order valence-corrected chi connectivity index (χ1v) is 4.51. The second-order valence-electron chi connectivity index (χ2n) is 4.18. The van der Waals surface area contributed by atoms with Gasteiger partial charge in [-0.05, 0) is 13.8 Å². The van der Waals surface area contributed by atoms with E-state index in [1.165, 1.54) is 31.7 Å². The van der Waals surface area contributed by atoms with E-state index < -0.39 is 16.9 Å². The summed E-state index contributed by atoms with van der Waals surface area (Å²) in [4.78, 5) is 23.1. The van der Waals surface area contributed by atoms with E-state index in [4.69, 9.17) is 5.73 Å². The van der Waals surface area contributed by atoms with Crippen molar-refractivity contribution in [2.45, 2.75) is 26.0 Å². The van der Waals surface area contributed by atoms with Crippen molar-refractivity contribution in [3.63, 3.8) is 0 Å². The molecule has 3 N–H and O–H groups in total. The highest BCUT2D eigenvalue weighted by atomic mass is 16.3. The van der Waals surface area contributed by atoms with Crippen molar-refractivity contribution < 1.29 is 5.11 Å². The van der Waals surface area contributed by atoms with Crippen LogP contribution in [0.15, 0.2) is 15.8 Å². The summed E-state index contributed by atoms with van der Waals surface area (Å²) in [5.41, 5.74) is 3.23. The average Bonchev–Trinajstić information content (AvgIpc) is 2.08. The molecule has 0 unspecified atom stereocenters. The van der Waals surface area contributed by atoms with Gasteiger partial charge in [-0.3, -0.25) is 9.36 Å². The maximum atomic E-state index is 11.6. The second-order valence-corrected chi connectivity index (χ2v) is 4.18. The van der Waals surface area contributed by atoms with Crippen molar-refractivity contribution in [1.82, 2.24) is 9.13 Å². The largest absolute Gasteiger partial charge is 0.393 e. The zero-order chi connectivity index (χ0) is 11.8. The van der Waals surface area contributed by atoms with Gasteiger partial charge in [-0.2, -0.15) is 0 Å². The van der Waals surface area contributed by atoms with Crippen LogP contribution < -0.4 is 17.0 Å². The van der Waals surface area contributed by atoms with E-state index in [9.17, 15) is 14.7 Å². The Kier molecular flexibility index (Phi) is 2.72. The van der Waals surface area contributed by atoms with E-state index in [1.807, 2.05) is 0 Å². The van der Waals surface area contributed by atoms with E-state index >= 15 is 0 Å². The lowest BCUT2D eigenvalue weighted by atomic mass is 10.1. The van der Waals surface area contributed by atoms with Gasteiger partial charge >= 0.3 is 5.69 Å². The molecular formula is C9H15N3O3. The molecule has 1 aromatic heterocycles. The highest BCUT2D eigenvalue weighted by Gasteiger charge is 2.17. The molecule has 1 rings (SSSR count). The number of aliphatic hydroxyl groups is 1. The Bertz CT molecular complexity index is 445. The maximum Gasteiger partial charge on any atom is 0.330 e. The molecule has 0 spiro atoms. The van der Waals surface area contributed by atoms with Crippen LogP contribution in [0.5, 0.6) is 0 Å². The summed E-state index contributed by atoms with van der Waals surface area (Å²) in [6.07, 6.45) is 1.27. The average molecular weight is 213 g/mol. The molecule has 0 amide bonds. The molecule has 0 saturated heterocycles. The van der Waals surface area contributed by atoms with Crippen molar-refractivity contribution in [2.24, 2.45) is 7.05 Å². The molecule has 0 bridgehead atoms. The Labute approximate surface area is 86.6 Å². The molecule has 6 heteroatoms. The molecule has 15 heavy (non-hydrogen) atoms. The molecule has 0 saturated carbocycles. The van der Waals surface area contributed by atoms with Gasteiger partial charge in [0.2, 0.25) is 0 Å². The standard InChI is InChI=1S/C9H15N3O3/c1-9(2,15)5-12-7(13)6(10)4-11(3)8(12)14/h4,15H,5,10H2,1-3H3. The van der Waals surface area contributed by atoms with E-state index in [-0.39, 0.29) is 12.2 Å². The zero-order valence-electron chi connectivity index (χ0n) is 9.02. The van der Waals surface area contributed by atoms with Crippen LogP contribution in [0.2, 0.25) is 0 Å². The van der Waals surface area contributed by atoms with Gasteiger partial charge in [0.05, 0.1) is 12.1 Å².